The molecule has 0 spiro atoms. The Hall–Kier alpha value is -0.120. The van der Waals surface area contributed by atoms with Crippen molar-refractivity contribution in [3.8, 4) is 0 Å². The Kier molecular flexibility index (Phi) is 6.22. The molecule has 1 fully saturated rings. The zero-order valence-electron chi connectivity index (χ0n) is 10.3. The van der Waals surface area contributed by atoms with Gasteiger partial charge in [-0.2, -0.15) is 0 Å². The Bertz CT molecular complexity index is 164. The lowest BCUT2D eigenvalue weighted by Gasteiger charge is -2.44. The van der Waals surface area contributed by atoms with E-state index in [9.17, 15) is 0 Å². The fourth-order valence-electron chi connectivity index (χ4n) is 1.95. The van der Waals surface area contributed by atoms with Gasteiger partial charge in [0.25, 0.3) is 0 Å². The average Bonchev–Trinajstić information content (AvgIpc) is 2.23. The van der Waals surface area contributed by atoms with Crippen LogP contribution in [0.15, 0.2) is 0 Å². The number of hydrogen-bond donors (Lipinski definition) is 1. The lowest BCUT2D eigenvalue weighted by molar-refractivity contribution is -0.146. The van der Waals surface area contributed by atoms with Gasteiger partial charge in [-0.15, -0.1) is 0 Å². The molecule has 1 rings (SSSR count). The van der Waals surface area contributed by atoms with Gasteiger partial charge < -0.3 is 14.8 Å². The minimum absolute atomic E-state index is 0.274. The molecule has 0 amide bonds. The first-order valence-electron chi connectivity index (χ1n) is 6.30. The number of ether oxygens (including phenoxy) is 2. The van der Waals surface area contributed by atoms with E-state index < -0.39 is 0 Å². The number of hydrogen-bond acceptors (Lipinski definition) is 3. The molecular weight excluding hydrogens is 190 g/mol. The molecule has 0 aliphatic heterocycles. The predicted octanol–water partition coefficient (Wildman–Crippen LogP) is 1.96. The van der Waals surface area contributed by atoms with E-state index in [0.717, 1.165) is 39.0 Å². The molecule has 0 aromatic heterocycles. The molecule has 3 nitrogen and oxygen atoms in total. The van der Waals surface area contributed by atoms with Crippen molar-refractivity contribution < 1.29 is 9.47 Å². The molecule has 0 radical (unpaired) electrons. The third-order valence-electron chi connectivity index (χ3n) is 2.77. The van der Waals surface area contributed by atoms with Crippen molar-refractivity contribution in [2.75, 3.05) is 19.8 Å². The lowest BCUT2D eigenvalue weighted by Crippen LogP contribution is -2.60. The molecule has 3 unspecified atom stereocenters. The third-order valence-corrected chi connectivity index (χ3v) is 2.77. The van der Waals surface area contributed by atoms with Gasteiger partial charge in [0, 0.05) is 19.3 Å². The van der Waals surface area contributed by atoms with Gasteiger partial charge in [-0.1, -0.05) is 20.8 Å². The van der Waals surface area contributed by atoms with Gasteiger partial charge >= 0.3 is 0 Å². The van der Waals surface area contributed by atoms with Crippen molar-refractivity contribution in [3.05, 3.63) is 0 Å². The lowest BCUT2D eigenvalue weighted by atomic mass is 9.85. The summed E-state index contributed by atoms with van der Waals surface area (Å²) in [4.78, 5) is 0. The second kappa shape index (κ2) is 7.20. The van der Waals surface area contributed by atoms with Crippen LogP contribution >= 0.6 is 0 Å². The van der Waals surface area contributed by atoms with E-state index in [4.69, 9.17) is 9.47 Å². The van der Waals surface area contributed by atoms with Crippen LogP contribution in [-0.4, -0.2) is 38.0 Å². The van der Waals surface area contributed by atoms with Gasteiger partial charge in [0.2, 0.25) is 0 Å². The van der Waals surface area contributed by atoms with E-state index >= 15 is 0 Å². The zero-order chi connectivity index (χ0) is 11.1. The molecule has 1 aliphatic rings. The van der Waals surface area contributed by atoms with Crippen LogP contribution in [0, 0.1) is 0 Å². The summed E-state index contributed by atoms with van der Waals surface area (Å²) in [7, 11) is 0. The van der Waals surface area contributed by atoms with Crippen LogP contribution < -0.4 is 5.32 Å². The van der Waals surface area contributed by atoms with Crippen LogP contribution in [0.1, 0.15) is 40.0 Å². The highest BCUT2D eigenvalue weighted by atomic mass is 16.5. The van der Waals surface area contributed by atoms with Gasteiger partial charge in [0.05, 0.1) is 12.2 Å². The van der Waals surface area contributed by atoms with Crippen molar-refractivity contribution >= 4 is 0 Å². The summed E-state index contributed by atoms with van der Waals surface area (Å²) in [5.41, 5.74) is 0. The fourth-order valence-corrected chi connectivity index (χ4v) is 1.95. The molecule has 1 aliphatic carbocycles. The molecular formula is C12H25NO2. The first-order valence-corrected chi connectivity index (χ1v) is 6.30. The summed E-state index contributed by atoms with van der Waals surface area (Å²) < 4.78 is 11.6. The molecule has 1 saturated carbocycles. The predicted molar refractivity (Wildman–Crippen MR) is 62.1 cm³/mol. The summed E-state index contributed by atoms with van der Waals surface area (Å²) in [5, 5.41) is 3.44. The monoisotopic (exact) mass is 215 g/mol. The molecule has 3 atom stereocenters. The molecule has 1 N–H and O–H groups in total. The summed E-state index contributed by atoms with van der Waals surface area (Å²) in [5.74, 6) is 0. The van der Waals surface area contributed by atoms with Gasteiger partial charge in [-0.05, 0) is 25.8 Å². The molecule has 0 bridgehead atoms. The third kappa shape index (κ3) is 3.74. The normalized spacial score (nSPS) is 30.2. The molecule has 3 heteroatoms. The summed E-state index contributed by atoms with van der Waals surface area (Å²) in [6.45, 7) is 9.13. The van der Waals surface area contributed by atoms with E-state index in [1.807, 2.05) is 0 Å². The van der Waals surface area contributed by atoms with Crippen molar-refractivity contribution in [3.63, 3.8) is 0 Å². The minimum Gasteiger partial charge on any atom is -0.375 e. The van der Waals surface area contributed by atoms with E-state index in [1.54, 1.807) is 0 Å². The van der Waals surface area contributed by atoms with Gasteiger partial charge in [0.15, 0.2) is 0 Å². The summed E-state index contributed by atoms with van der Waals surface area (Å²) in [6, 6.07) is 0.503. The smallest absolute Gasteiger partial charge is 0.0990 e. The van der Waals surface area contributed by atoms with Crippen LogP contribution in [0.4, 0.5) is 0 Å². The fraction of sp³-hybridized carbons (Fsp3) is 1.00. The van der Waals surface area contributed by atoms with Crippen molar-refractivity contribution in [1.82, 2.24) is 5.32 Å². The quantitative estimate of drug-likeness (QED) is 0.671. The standard InChI is InChI=1S/C12H25NO2/c1-4-7-14-11-9-10(13-6-3)12(11)15-8-5-2/h10-13H,4-9H2,1-3H3. The number of nitrogens with one attached hydrogen (secondary N) is 1. The van der Waals surface area contributed by atoms with E-state index in [-0.39, 0.29) is 6.10 Å². The Morgan fingerprint density at radius 2 is 1.73 bits per heavy atom. The maximum absolute atomic E-state index is 5.81. The Labute approximate surface area is 93.5 Å². The van der Waals surface area contributed by atoms with Crippen LogP contribution in [0.3, 0.4) is 0 Å². The Morgan fingerprint density at radius 3 is 2.33 bits per heavy atom. The molecule has 0 saturated heterocycles. The molecule has 0 aromatic rings. The van der Waals surface area contributed by atoms with Gasteiger partial charge in [0.1, 0.15) is 0 Å². The van der Waals surface area contributed by atoms with E-state index in [1.165, 1.54) is 0 Å². The molecule has 0 heterocycles. The molecule has 15 heavy (non-hydrogen) atoms. The highest BCUT2D eigenvalue weighted by Gasteiger charge is 2.41. The van der Waals surface area contributed by atoms with Crippen LogP contribution in [0.5, 0.6) is 0 Å². The first kappa shape index (κ1) is 12.9. The largest absolute Gasteiger partial charge is 0.375 e. The maximum atomic E-state index is 5.81. The SMILES string of the molecule is CCCOC1CC(NCC)C1OCCC. The number of likely N-dealkylation sites (N-methyl/N-ethyl adjacent to an activating group) is 1. The highest BCUT2D eigenvalue weighted by molar-refractivity contribution is 4.97. The van der Waals surface area contributed by atoms with E-state index in [2.05, 4.69) is 26.1 Å². The van der Waals surface area contributed by atoms with Gasteiger partial charge in [-0.3, -0.25) is 0 Å². The average molecular weight is 215 g/mol. The summed E-state index contributed by atoms with van der Waals surface area (Å²) >= 11 is 0. The first-order chi connectivity index (χ1) is 7.33. The molecule has 0 aromatic carbocycles. The summed E-state index contributed by atoms with van der Waals surface area (Å²) in [6.07, 6.45) is 3.86. The minimum atomic E-state index is 0.274. The highest BCUT2D eigenvalue weighted by Crippen LogP contribution is 2.27. The van der Waals surface area contributed by atoms with E-state index in [0.29, 0.717) is 12.1 Å². The Balaban J connectivity index is 2.26. The van der Waals surface area contributed by atoms with Gasteiger partial charge in [-0.25, -0.2) is 0 Å². The molecule has 90 valence electrons. The van der Waals surface area contributed by atoms with Crippen molar-refractivity contribution in [1.29, 1.82) is 0 Å². The second-order valence-corrected chi connectivity index (χ2v) is 4.14. The van der Waals surface area contributed by atoms with Crippen LogP contribution in [-0.2, 0) is 9.47 Å². The van der Waals surface area contributed by atoms with Crippen molar-refractivity contribution in [2.24, 2.45) is 0 Å². The zero-order valence-corrected chi connectivity index (χ0v) is 10.3. The topological polar surface area (TPSA) is 30.5 Å². The van der Waals surface area contributed by atoms with Crippen LogP contribution in [0.25, 0.3) is 0 Å². The van der Waals surface area contributed by atoms with Crippen LogP contribution in [0.2, 0.25) is 0 Å². The van der Waals surface area contributed by atoms with Crippen molar-refractivity contribution in [2.45, 2.75) is 58.3 Å². The maximum Gasteiger partial charge on any atom is 0.0990 e. The Morgan fingerprint density at radius 1 is 1.07 bits per heavy atom. The number of rotatable bonds is 8. The second-order valence-electron chi connectivity index (χ2n) is 4.14.